The minimum Gasteiger partial charge on any atom is -0.494 e. The van der Waals surface area contributed by atoms with Crippen LogP contribution in [-0.2, 0) is 37.7 Å². The van der Waals surface area contributed by atoms with Crippen LogP contribution in [0.4, 0.5) is 11.4 Å². The zero-order valence-electron chi connectivity index (χ0n) is 38.1. The van der Waals surface area contributed by atoms with Crippen molar-refractivity contribution in [2.24, 2.45) is 0 Å². The number of fused-ring (bicyclic) bond motifs is 1. The first-order chi connectivity index (χ1) is 32.7. The van der Waals surface area contributed by atoms with Gasteiger partial charge in [-0.05, 0) is 106 Å². The van der Waals surface area contributed by atoms with Crippen LogP contribution in [0.2, 0.25) is 0 Å². The SMILES string of the molecule is CN1CCC(Nc2cccc(C(=O)NCc3cccc(OCCCCCCOCCOCCNc4cccc5c4CN(C4CCC(=O)NC4=O)C5=O)c3)c2)(c2nnc(-c3ccncc3)[nH]2)CC1. The van der Waals surface area contributed by atoms with E-state index in [9.17, 15) is 19.2 Å². The van der Waals surface area contributed by atoms with Gasteiger partial charge in [-0.1, -0.05) is 30.7 Å². The quantitative estimate of drug-likeness (QED) is 0.0396. The van der Waals surface area contributed by atoms with Gasteiger partial charge in [-0.3, -0.25) is 29.5 Å². The average molecular weight is 913 g/mol. The summed E-state index contributed by atoms with van der Waals surface area (Å²) in [7, 11) is 2.12. The first kappa shape index (κ1) is 46.8. The van der Waals surface area contributed by atoms with Gasteiger partial charge >= 0.3 is 0 Å². The molecule has 3 aliphatic rings. The predicted octanol–water partition coefficient (Wildman–Crippen LogP) is 5.68. The van der Waals surface area contributed by atoms with Crippen LogP contribution in [-0.4, -0.2) is 119 Å². The van der Waals surface area contributed by atoms with Crippen molar-refractivity contribution in [2.45, 2.75) is 76.0 Å². The van der Waals surface area contributed by atoms with Crippen molar-refractivity contribution in [2.75, 3.05) is 70.3 Å². The minimum absolute atomic E-state index is 0.160. The number of benzene rings is 3. The number of piperidine rings is 2. The number of rotatable bonds is 23. The highest BCUT2D eigenvalue weighted by atomic mass is 16.5. The van der Waals surface area contributed by atoms with Crippen molar-refractivity contribution in [3.8, 4) is 17.1 Å². The Hall–Kier alpha value is -6.69. The number of likely N-dealkylation sites (tertiary alicyclic amines) is 1. The van der Waals surface area contributed by atoms with E-state index in [0.717, 1.165) is 91.3 Å². The topological polar surface area (TPSA) is 205 Å². The first-order valence-corrected chi connectivity index (χ1v) is 23.3. The van der Waals surface area contributed by atoms with Gasteiger partial charge in [-0.25, -0.2) is 0 Å². The third kappa shape index (κ3) is 12.2. The highest BCUT2D eigenvalue weighted by molar-refractivity contribution is 6.06. The summed E-state index contributed by atoms with van der Waals surface area (Å²) in [5.74, 6) is 1.17. The second-order valence-electron chi connectivity index (χ2n) is 17.3. The molecule has 3 aliphatic heterocycles. The zero-order chi connectivity index (χ0) is 46.4. The number of hydrogen-bond acceptors (Lipinski definition) is 13. The molecular weight excluding hydrogens is 853 g/mol. The number of aromatic nitrogens is 4. The lowest BCUT2D eigenvalue weighted by Crippen LogP contribution is -2.52. The lowest BCUT2D eigenvalue weighted by atomic mass is 9.86. The molecular formula is C50H60N10O7. The van der Waals surface area contributed by atoms with E-state index in [1.165, 1.54) is 0 Å². The Morgan fingerprint density at radius 1 is 0.851 bits per heavy atom. The van der Waals surface area contributed by atoms with Crippen LogP contribution < -0.4 is 26.0 Å². The van der Waals surface area contributed by atoms with E-state index >= 15 is 0 Å². The van der Waals surface area contributed by atoms with Crippen LogP contribution in [0.1, 0.15) is 89.0 Å². The maximum absolute atomic E-state index is 13.4. The molecule has 5 heterocycles. The Morgan fingerprint density at radius 2 is 1.63 bits per heavy atom. The normalized spacial score (nSPS) is 16.9. The number of hydrogen-bond donors (Lipinski definition) is 5. The van der Waals surface area contributed by atoms with Gasteiger partial charge in [-0.15, -0.1) is 10.2 Å². The minimum atomic E-state index is -0.640. The second kappa shape index (κ2) is 22.7. The molecule has 5 N–H and O–H groups in total. The summed E-state index contributed by atoms with van der Waals surface area (Å²) >= 11 is 0. The first-order valence-electron chi connectivity index (χ1n) is 23.3. The van der Waals surface area contributed by atoms with Gasteiger partial charge in [0.25, 0.3) is 11.8 Å². The molecule has 3 aromatic carbocycles. The Kier molecular flexibility index (Phi) is 15.8. The number of imide groups is 1. The lowest BCUT2D eigenvalue weighted by molar-refractivity contribution is -0.136. The number of pyridine rings is 1. The predicted molar refractivity (Wildman–Crippen MR) is 252 cm³/mol. The Bertz CT molecular complexity index is 2470. The maximum Gasteiger partial charge on any atom is 0.255 e. The summed E-state index contributed by atoms with van der Waals surface area (Å²) in [6, 6.07) is 24.1. The van der Waals surface area contributed by atoms with E-state index in [4.69, 9.17) is 14.2 Å². The molecule has 0 radical (unpaired) electrons. The zero-order valence-corrected chi connectivity index (χ0v) is 38.1. The number of anilines is 2. The molecule has 0 aliphatic carbocycles. The Labute approximate surface area is 390 Å². The number of H-pyrrole nitrogens is 1. The molecule has 67 heavy (non-hydrogen) atoms. The third-order valence-electron chi connectivity index (χ3n) is 12.6. The molecule has 17 nitrogen and oxygen atoms in total. The smallest absolute Gasteiger partial charge is 0.255 e. The van der Waals surface area contributed by atoms with Crippen molar-refractivity contribution < 1.29 is 33.4 Å². The van der Waals surface area contributed by atoms with Gasteiger partial charge in [-0.2, -0.15) is 0 Å². The molecule has 2 saturated heterocycles. The Balaban J connectivity index is 0.681. The molecule has 0 spiro atoms. The van der Waals surface area contributed by atoms with E-state index < -0.39 is 17.5 Å². The highest BCUT2D eigenvalue weighted by Crippen LogP contribution is 2.36. The molecule has 352 valence electrons. The van der Waals surface area contributed by atoms with E-state index in [1.807, 2.05) is 72.8 Å². The number of carbonyl (C=O) groups is 4. The van der Waals surface area contributed by atoms with Crippen LogP contribution in [0.5, 0.6) is 5.75 Å². The number of aromatic amines is 1. The summed E-state index contributed by atoms with van der Waals surface area (Å²) in [4.78, 5) is 61.9. The van der Waals surface area contributed by atoms with Gasteiger partial charge in [0.15, 0.2) is 11.6 Å². The monoisotopic (exact) mass is 912 g/mol. The van der Waals surface area contributed by atoms with Gasteiger partial charge in [0.1, 0.15) is 11.8 Å². The van der Waals surface area contributed by atoms with Gasteiger partial charge < -0.3 is 44.9 Å². The van der Waals surface area contributed by atoms with Crippen LogP contribution in [0.3, 0.4) is 0 Å². The van der Waals surface area contributed by atoms with Crippen molar-refractivity contribution in [3.05, 3.63) is 119 Å². The van der Waals surface area contributed by atoms with E-state index in [2.05, 4.69) is 53.4 Å². The maximum atomic E-state index is 13.4. The molecule has 1 unspecified atom stereocenters. The van der Waals surface area contributed by atoms with Crippen LogP contribution in [0.15, 0.2) is 91.3 Å². The molecule has 8 rings (SSSR count). The fraction of sp³-hybridized carbons (Fsp3) is 0.420. The largest absolute Gasteiger partial charge is 0.494 e. The number of amides is 4. The molecule has 2 aromatic heterocycles. The second-order valence-corrected chi connectivity index (χ2v) is 17.3. The molecule has 2 fully saturated rings. The summed E-state index contributed by atoms with van der Waals surface area (Å²) < 4.78 is 17.6. The van der Waals surface area contributed by atoms with E-state index in [1.54, 1.807) is 23.4 Å². The lowest BCUT2D eigenvalue weighted by Gasteiger charge is -2.40. The summed E-state index contributed by atoms with van der Waals surface area (Å²) in [5.41, 5.74) is 5.07. The standard InChI is InChI=1S/C50H60N10O7/c1-59-24-19-50(20-25-59,49-55-45(57-58-49)36-17-21-51-22-18-36)56-38-11-7-10-37(32-38)46(62)53-33-35-9-6-12-39(31-35)67-27-5-3-2-4-26-65-29-30-66-28-23-52-42-14-8-13-40-41(42)34-60(48(40)64)43-15-16-44(61)54-47(43)63/h6-14,17-18,21-22,31-32,43,52,56H,2-5,15-16,19-20,23-30,33-34H2,1H3,(H,53,62)(H,54,61,63)(H,55,57,58). The molecule has 0 saturated carbocycles. The molecule has 1 atom stereocenters. The average Bonchev–Trinajstić information content (AvgIpc) is 3.98. The third-order valence-corrected chi connectivity index (χ3v) is 12.6. The van der Waals surface area contributed by atoms with Crippen molar-refractivity contribution >= 4 is 35.0 Å². The number of unbranched alkanes of at least 4 members (excludes halogenated alkanes) is 3. The number of carbonyl (C=O) groups excluding carboxylic acids is 4. The molecule has 5 aromatic rings. The van der Waals surface area contributed by atoms with Crippen molar-refractivity contribution in [1.82, 2.24) is 40.6 Å². The van der Waals surface area contributed by atoms with Gasteiger partial charge in [0.2, 0.25) is 11.8 Å². The Morgan fingerprint density at radius 3 is 2.45 bits per heavy atom. The van der Waals surface area contributed by atoms with Gasteiger partial charge in [0, 0.05) is 91.8 Å². The van der Waals surface area contributed by atoms with Crippen LogP contribution in [0, 0.1) is 0 Å². The van der Waals surface area contributed by atoms with Gasteiger partial charge in [0.05, 0.1) is 32.0 Å². The number of nitrogens with one attached hydrogen (secondary N) is 5. The highest BCUT2D eigenvalue weighted by Gasteiger charge is 2.41. The molecule has 0 bridgehead atoms. The number of ether oxygens (including phenoxy) is 3. The fourth-order valence-corrected chi connectivity index (χ4v) is 8.76. The summed E-state index contributed by atoms with van der Waals surface area (Å²) in [6.45, 7) is 5.77. The van der Waals surface area contributed by atoms with Crippen molar-refractivity contribution in [1.29, 1.82) is 0 Å². The van der Waals surface area contributed by atoms with Crippen LogP contribution in [0.25, 0.3) is 11.4 Å². The van der Waals surface area contributed by atoms with Crippen LogP contribution >= 0.6 is 0 Å². The van der Waals surface area contributed by atoms with E-state index in [-0.39, 0.29) is 24.1 Å². The van der Waals surface area contributed by atoms with E-state index in [0.29, 0.717) is 76.0 Å². The molecule has 17 heteroatoms. The summed E-state index contributed by atoms with van der Waals surface area (Å²) in [5, 5.41) is 21.6. The van der Waals surface area contributed by atoms with Crippen molar-refractivity contribution in [3.63, 3.8) is 0 Å². The summed E-state index contributed by atoms with van der Waals surface area (Å²) in [6.07, 6.45) is 9.62. The fourth-order valence-electron chi connectivity index (χ4n) is 8.76. The number of nitrogens with zero attached hydrogens (tertiary/aromatic N) is 5. The molecule has 4 amide bonds.